The summed E-state index contributed by atoms with van der Waals surface area (Å²) in [6, 6.07) is 12.4. The average molecular weight is 472 g/mol. The zero-order valence-corrected chi connectivity index (χ0v) is 20.1. The first-order chi connectivity index (χ1) is 15.8. The van der Waals surface area contributed by atoms with Gasteiger partial charge in [0, 0.05) is 18.7 Å². The fourth-order valence-electron chi connectivity index (χ4n) is 3.90. The molecule has 0 radical (unpaired) electrons. The summed E-state index contributed by atoms with van der Waals surface area (Å²) in [5.74, 6) is 1.93. The highest BCUT2D eigenvalue weighted by Gasteiger charge is 2.33. The van der Waals surface area contributed by atoms with Gasteiger partial charge in [0.05, 0.1) is 24.0 Å². The number of benzene rings is 2. The molecule has 8 nitrogen and oxygen atoms in total. The number of aryl methyl sites for hydroxylation is 1. The van der Waals surface area contributed by atoms with E-state index in [1.807, 2.05) is 45.0 Å². The number of ether oxygens (including phenoxy) is 2. The van der Waals surface area contributed by atoms with Gasteiger partial charge in [-0.15, -0.1) is 0 Å². The summed E-state index contributed by atoms with van der Waals surface area (Å²) in [5.41, 5.74) is 1.75. The first-order valence-corrected chi connectivity index (χ1v) is 12.5. The largest absolute Gasteiger partial charge is 0.493 e. The Kier molecular flexibility index (Phi) is 6.71. The Hall–Kier alpha value is -2.91. The van der Waals surface area contributed by atoms with E-state index < -0.39 is 10.0 Å². The van der Waals surface area contributed by atoms with Crippen LogP contribution in [0.25, 0.3) is 11.4 Å². The van der Waals surface area contributed by atoms with Crippen molar-refractivity contribution in [3.8, 4) is 22.9 Å². The van der Waals surface area contributed by atoms with Crippen LogP contribution in [0.1, 0.15) is 44.1 Å². The molecule has 2 heterocycles. The SMILES string of the molecule is COc1cc(-c2noc(C3CCCN(S(=O)(=O)c4ccc(C)cc4)C3)n2)ccc1OC(C)C. The molecular weight excluding hydrogens is 442 g/mol. The quantitative estimate of drug-likeness (QED) is 0.504. The summed E-state index contributed by atoms with van der Waals surface area (Å²) in [4.78, 5) is 4.88. The molecule has 1 fully saturated rings. The third-order valence-corrected chi connectivity index (χ3v) is 7.50. The maximum absolute atomic E-state index is 13.1. The number of nitrogens with zero attached hydrogens (tertiary/aromatic N) is 3. The van der Waals surface area contributed by atoms with Gasteiger partial charge in [0.25, 0.3) is 0 Å². The summed E-state index contributed by atoms with van der Waals surface area (Å²) in [5, 5.41) is 4.13. The molecule has 0 amide bonds. The lowest BCUT2D eigenvalue weighted by Gasteiger charge is -2.30. The van der Waals surface area contributed by atoms with E-state index in [1.165, 1.54) is 4.31 Å². The minimum atomic E-state index is -3.58. The van der Waals surface area contributed by atoms with Gasteiger partial charge in [-0.1, -0.05) is 22.9 Å². The zero-order chi connectivity index (χ0) is 23.6. The normalized spacial score (nSPS) is 17.3. The third-order valence-electron chi connectivity index (χ3n) is 5.62. The maximum Gasteiger partial charge on any atom is 0.243 e. The molecule has 1 aliphatic heterocycles. The van der Waals surface area contributed by atoms with Crippen LogP contribution in [0.2, 0.25) is 0 Å². The fraction of sp³-hybridized carbons (Fsp3) is 0.417. The summed E-state index contributed by atoms with van der Waals surface area (Å²) < 4.78 is 44.5. The monoisotopic (exact) mass is 471 g/mol. The topological polar surface area (TPSA) is 94.8 Å². The van der Waals surface area contributed by atoms with Crippen molar-refractivity contribution >= 4 is 10.0 Å². The molecule has 4 rings (SSSR count). The molecule has 9 heteroatoms. The van der Waals surface area contributed by atoms with Crippen molar-refractivity contribution in [3.05, 3.63) is 53.9 Å². The van der Waals surface area contributed by atoms with E-state index in [2.05, 4.69) is 10.1 Å². The first-order valence-electron chi connectivity index (χ1n) is 11.0. The van der Waals surface area contributed by atoms with Crippen molar-refractivity contribution in [2.45, 2.75) is 50.5 Å². The van der Waals surface area contributed by atoms with Gasteiger partial charge in [0.2, 0.25) is 21.7 Å². The van der Waals surface area contributed by atoms with Gasteiger partial charge >= 0.3 is 0 Å². The average Bonchev–Trinajstić information content (AvgIpc) is 3.30. The predicted molar refractivity (Wildman–Crippen MR) is 124 cm³/mol. The number of rotatable bonds is 7. The van der Waals surface area contributed by atoms with Gasteiger partial charge in [0.15, 0.2) is 11.5 Å². The van der Waals surface area contributed by atoms with Crippen molar-refractivity contribution in [1.29, 1.82) is 0 Å². The number of hydrogen-bond donors (Lipinski definition) is 0. The molecule has 0 N–H and O–H groups in total. The molecule has 0 bridgehead atoms. The highest BCUT2D eigenvalue weighted by molar-refractivity contribution is 7.89. The van der Waals surface area contributed by atoms with Crippen molar-refractivity contribution in [2.75, 3.05) is 20.2 Å². The minimum absolute atomic E-state index is 0.0203. The number of sulfonamides is 1. The van der Waals surface area contributed by atoms with E-state index in [1.54, 1.807) is 25.3 Å². The molecule has 1 saturated heterocycles. The van der Waals surface area contributed by atoms with E-state index in [-0.39, 0.29) is 12.0 Å². The van der Waals surface area contributed by atoms with Crippen LogP contribution < -0.4 is 9.47 Å². The third kappa shape index (κ3) is 5.04. The van der Waals surface area contributed by atoms with E-state index >= 15 is 0 Å². The highest BCUT2D eigenvalue weighted by atomic mass is 32.2. The summed E-state index contributed by atoms with van der Waals surface area (Å²) in [6.45, 7) is 6.61. The molecule has 176 valence electrons. The van der Waals surface area contributed by atoms with Crippen molar-refractivity contribution in [1.82, 2.24) is 14.4 Å². The lowest BCUT2D eigenvalue weighted by Crippen LogP contribution is -2.39. The summed E-state index contributed by atoms with van der Waals surface area (Å²) >= 11 is 0. The second-order valence-electron chi connectivity index (χ2n) is 8.50. The summed E-state index contributed by atoms with van der Waals surface area (Å²) in [7, 11) is -1.99. The van der Waals surface area contributed by atoms with E-state index in [4.69, 9.17) is 14.0 Å². The Balaban J connectivity index is 1.53. The van der Waals surface area contributed by atoms with E-state index in [0.717, 1.165) is 24.0 Å². The first kappa shape index (κ1) is 23.3. The summed E-state index contributed by atoms with van der Waals surface area (Å²) in [6.07, 6.45) is 1.53. The van der Waals surface area contributed by atoms with Crippen LogP contribution in [0.15, 0.2) is 51.9 Å². The zero-order valence-electron chi connectivity index (χ0n) is 19.3. The second kappa shape index (κ2) is 9.52. The molecule has 0 spiro atoms. The minimum Gasteiger partial charge on any atom is -0.493 e. The highest BCUT2D eigenvalue weighted by Crippen LogP contribution is 2.34. The Labute approximate surface area is 194 Å². The number of aromatic nitrogens is 2. The number of methoxy groups -OCH3 is 1. The molecule has 0 saturated carbocycles. The molecule has 33 heavy (non-hydrogen) atoms. The number of piperidine rings is 1. The lowest BCUT2D eigenvalue weighted by molar-refractivity contribution is 0.230. The second-order valence-corrected chi connectivity index (χ2v) is 10.4. The van der Waals surface area contributed by atoms with Crippen LogP contribution >= 0.6 is 0 Å². The maximum atomic E-state index is 13.1. The Morgan fingerprint density at radius 2 is 1.88 bits per heavy atom. The molecule has 1 atom stereocenters. The van der Waals surface area contributed by atoms with Gasteiger partial charge in [-0.25, -0.2) is 8.42 Å². The lowest BCUT2D eigenvalue weighted by atomic mass is 10.00. The Morgan fingerprint density at radius 3 is 2.58 bits per heavy atom. The standard InChI is InChI=1S/C24H29N3O5S/c1-16(2)31-21-12-9-18(14-22(21)30-4)23-25-24(32-26-23)19-6-5-13-27(15-19)33(28,29)20-10-7-17(3)8-11-20/h7-12,14,16,19H,5-6,13,15H2,1-4H3. The van der Waals surface area contributed by atoms with Gasteiger partial charge < -0.3 is 14.0 Å². The van der Waals surface area contributed by atoms with E-state index in [0.29, 0.717) is 41.2 Å². The van der Waals surface area contributed by atoms with Crippen molar-refractivity contribution < 1.29 is 22.4 Å². The molecule has 1 aromatic heterocycles. The van der Waals surface area contributed by atoms with E-state index in [9.17, 15) is 8.42 Å². The van der Waals surface area contributed by atoms with Gasteiger partial charge in [-0.3, -0.25) is 0 Å². The van der Waals surface area contributed by atoms with Crippen LogP contribution in [-0.2, 0) is 10.0 Å². The van der Waals surface area contributed by atoms with Crippen LogP contribution in [0.4, 0.5) is 0 Å². The van der Waals surface area contributed by atoms with Crippen LogP contribution in [-0.4, -0.2) is 49.2 Å². The Morgan fingerprint density at radius 1 is 1.12 bits per heavy atom. The van der Waals surface area contributed by atoms with Crippen LogP contribution in [0.5, 0.6) is 11.5 Å². The van der Waals surface area contributed by atoms with Gasteiger partial charge in [0.1, 0.15) is 0 Å². The van der Waals surface area contributed by atoms with Crippen molar-refractivity contribution in [3.63, 3.8) is 0 Å². The molecule has 1 aliphatic rings. The molecule has 3 aromatic rings. The van der Waals surface area contributed by atoms with Crippen LogP contribution in [0.3, 0.4) is 0 Å². The molecule has 0 aliphatic carbocycles. The number of hydrogen-bond acceptors (Lipinski definition) is 7. The van der Waals surface area contributed by atoms with Crippen LogP contribution in [0, 0.1) is 6.92 Å². The molecule has 2 aromatic carbocycles. The predicted octanol–water partition coefficient (Wildman–Crippen LogP) is 4.41. The van der Waals surface area contributed by atoms with Crippen molar-refractivity contribution in [2.24, 2.45) is 0 Å². The fourth-order valence-corrected chi connectivity index (χ4v) is 5.42. The Bertz CT molecular complexity index is 1210. The molecule has 1 unspecified atom stereocenters. The smallest absolute Gasteiger partial charge is 0.243 e. The van der Waals surface area contributed by atoms with Gasteiger partial charge in [-0.05, 0) is 63.9 Å². The molecular formula is C24H29N3O5S. The van der Waals surface area contributed by atoms with Gasteiger partial charge in [-0.2, -0.15) is 9.29 Å².